The first-order valence-corrected chi connectivity index (χ1v) is 7.54. The zero-order valence-electron chi connectivity index (χ0n) is 10.6. The largest absolute Gasteiger partial charge is 0.491 e. The third-order valence-corrected chi connectivity index (χ3v) is 3.47. The van der Waals surface area contributed by atoms with Gasteiger partial charge in [-0.1, -0.05) is 19.1 Å². The summed E-state index contributed by atoms with van der Waals surface area (Å²) in [4.78, 5) is 10.4. The Hall–Kier alpha value is -1.76. The molecule has 2 N–H and O–H groups in total. The highest BCUT2D eigenvalue weighted by Crippen LogP contribution is 2.25. The van der Waals surface area contributed by atoms with Crippen molar-refractivity contribution in [2.45, 2.75) is 19.8 Å². The van der Waals surface area contributed by atoms with Gasteiger partial charge in [0.25, 0.3) is 0 Å². The molecule has 6 nitrogen and oxygen atoms in total. The summed E-state index contributed by atoms with van der Waals surface area (Å²) >= 11 is 0. The number of rotatable bonds is 8. The number of carbonyl (C=O) groups is 1. The second kappa shape index (κ2) is 6.98. The summed E-state index contributed by atoms with van der Waals surface area (Å²) in [7, 11) is -3.69. The lowest BCUT2D eigenvalue weighted by molar-refractivity contribution is -0.136. The predicted molar refractivity (Wildman–Crippen MR) is 71.9 cm³/mol. The summed E-state index contributed by atoms with van der Waals surface area (Å²) in [6.45, 7) is 2.42. The topological polar surface area (TPSA) is 92.7 Å². The highest BCUT2D eigenvalue weighted by molar-refractivity contribution is 7.92. The maximum Gasteiger partial charge on any atom is 0.304 e. The van der Waals surface area contributed by atoms with E-state index in [0.29, 0.717) is 18.0 Å². The summed E-state index contributed by atoms with van der Waals surface area (Å²) in [5, 5.41) is 8.50. The van der Waals surface area contributed by atoms with Crippen molar-refractivity contribution in [2.24, 2.45) is 0 Å². The third kappa shape index (κ3) is 5.60. The number of hydrogen-bond acceptors (Lipinski definition) is 4. The van der Waals surface area contributed by atoms with E-state index in [-0.39, 0.29) is 0 Å². The molecule has 0 fully saturated rings. The summed E-state index contributed by atoms with van der Waals surface area (Å²) in [5.74, 6) is -1.19. The number of aliphatic carboxylic acids is 1. The van der Waals surface area contributed by atoms with Crippen LogP contribution in [-0.2, 0) is 14.8 Å². The predicted octanol–water partition coefficient (Wildman–Crippen LogP) is 1.69. The van der Waals surface area contributed by atoms with Gasteiger partial charge in [0.15, 0.2) is 0 Å². The van der Waals surface area contributed by atoms with Crippen molar-refractivity contribution in [1.82, 2.24) is 0 Å². The van der Waals surface area contributed by atoms with Gasteiger partial charge in [-0.2, -0.15) is 0 Å². The second-order valence-corrected chi connectivity index (χ2v) is 5.75. The van der Waals surface area contributed by atoms with Crippen molar-refractivity contribution < 1.29 is 23.1 Å². The van der Waals surface area contributed by atoms with Crippen LogP contribution in [0.25, 0.3) is 0 Å². The van der Waals surface area contributed by atoms with E-state index in [4.69, 9.17) is 9.84 Å². The van der Waals surface area contributed by atoms with Gasteiger partial charge < -0.3 is 9.84 Å². The molecule has 1 aromatic carbocycles. The average Bonchev–Trinajstić information content (AvgIpc) is 2.35. The zero-order chi connectivity index (χ0) is 14.3. The van der Waals surface area contributed by atoms with Gasteiger partial charge in [0.1, 0.15) is 5.75 Å². The molecular weight excluding hydrogens is 270 g/mol. The Kier molecular flexibility index (Phi) is 5.62. The van der Waals surface area contributed by atoms with Crippen LogP contribution in [0.1, 0.15) is 19.8 Å². The van der Waals surface area contributed by atoms with Crippen molar-refractivity contribution in [1.29, 1.82) is 0 Å². The molecule has 0 aromatic heterocycles. The van der Waals surface area contributed by atoms with E-state index in [2.05, 4.69) is 4.72 Å². The van der Waals surface area contributed by atoms with Crippen molar-refractivity contribution in [3.05, 3.63) is 24.3 Å². The summed E-state index contributed by atoms with van der Waals surface area (Å²) in [5.41, 5.74) is 0.321. The minimum absolute atomic E-state index is 0.321. The summed E-state index contributed by atoms with van der Waals surface area (Å²) < 4.78 is 31.2. The summed E-state index contributed by atoms with van der Waals surface area (Å²) in [6, 6.07) is 6.64. The van der Waals surface area contributed by atoms with E-state index in [1.165, 1.54) is 0 Å². The molecule has 0 atom stereocenters. The third-order valence-electron chi connectivity index (χ3n) is 2.20. The fourth-order valence-electron chi connectivity index (χ4n) is 1.33. The lowest BCUT2D eigenvalue weighted by Gasteiger charge is -2.12. The molecule has 0 spiro atoms. The molecule has 0 radical (unpaired) electrons. The molecule has 0 saturated heterocycles. The van der Waals surface area contributed by atoms with Gasteiger partial charge in [-0.05, 0) is 18.6 Å². The van der Waals surface area contributed by atoms with Crippen molar-refractivity contribution in [3.8, 4) is 5.75 Å². The maximum atomic E-state index is 11.7. The molecule has 0 aliphatic heterocycles. The highest BCUT2D eigenvalue weighted by Gasteiger charge is 2.15. The normalized spacial score (nSPS) is 11.0. The van der Waals surface area contributed by atoms with Gasteiger partial charge in [0.2, 0.25) is 10.0 Å². The van der Waals surface area contributed by atoms with Gasteiger partial charge in [-0.15, -0.1) is 0 Å². The van der Waals surface area contributed by atoms with Crippen LogP contribution >= 0.6 is 0 Å². The zero-order valence-corrected chi connectivity index (χ0v) is 11.4. The molecular formula is C12H17NO5S. The molecule has 1 rings (SSSR count). The smallest absolute Gasteiger partial charge is 0.304 e. The van der Waals surface area contributed by atoms with Crippen LogP contribution in [0.4, 0.5) is 5.69 Å². The van der Waals surface area contributed by atoms with Gasteiger partial charge in [0.05, 0.1) is 24.5 Å². The number of nitrogens with one attached hydrogen (secondary N) is 1. The number of carboxylic acid groups (broad SMARTS) is 1. The number of hydrogen-bond donors (Lipinski definition) is 2. The first-order valence-electron chi connectivity index (χ1n) is 5.88. The van der Waals surface area contributed by atoms with Crippen LogP contribution in [-0.4, -0.2) is 31.9 Å². The Morgan fingerprint density at radius 3 is 2.68 bits per heavy atom. The second-order valence-electron chi connectivity index (χ2n) is 3.91. The fraction of sp³-hybridized carbons (Fsp3) is 0.417. The first kappa shape index (κ1) is 15.3. The summed E-state index contributed by atoms with van der Waals surface area (Å²) in [6.07, 6.45) is 0.368. The van der Waals surface area contributed by atoms with Gasteiger partial charge in [0, 0.05) is 0 Å². The molecule has 1 aromatic rings. The molecule has 0 heterocycles. The molecule has 7 heteroatoms. The molecule has 0 aliphatic carbocycles. The van der Waals surface area contributed by atoms with E-state index in [0.717, 1.165) is 6.42 Å². The van der Waals surface area contributed by atoms with Crippen molar-refractivity contribution in [3.63, 3.8) is 0 Å². The molecule has 0 amide bonds. The van der Waals surface area contributed by atoms with E-state index in [1.807, 2.05) is 6.92 Å². The van der Waals surface area contributed by atoms with Crippen LogP contribution in [0.3, 0.4) is 0 Å². The number of para-hydroxylation sites is 2. The number of anilines is 1. The minimum atomic E-state index is -3.69. The SMILES string of the molecule is CCCOc1ccccc1NS(=O)(=O)CCC(=O)O. The Labute approximate surface area is 112 Å². The average molecular weight is 287 g/mol. The Balaban J connectivity index is 2.77. The van der Waals surface area contributed by atoms with Gasteiger partial charge in [-0.25, -0.2) is 8.42 Å². The maximum absolute atomic E-state index is 11.7. The Morgan fingerprint density at radius 1 is 1.37 bits per heavy atom. The standard InChI is InChI=1S/C12H17NO5S/c1-2-8-18-11-6-4-3-5-10(11)13-19(16,17)9-7-12(14)15/h3-6,13H,2,7-9H2,1H3,(H,14,15). The number of sulfonamides is 1. The highest BCUT2D eigenvalue weighted by atomic mass is 32.2. The molecule has 0 saturated carbocycles. The molecule has 106 valence electrons. The van der Waals surface area contributed by atoms with Crippen LogP contribution in [0.5, 0.6) is 5.75 Å². The monoisotopic (exact) mass is 287 g/mol. The quantitative estimate of drug-likeness (QED) is 0.759. The van der Waals surface area contributed by atoms with Crippen molar-refractivity contribution in [2.75, 3.05) is 17.1 Å². The molecule has 0 aliphatic rings. The van der Waals surface area contributed by atoms with E-state index in [9.17, 15) is 13.2 Å². The lowest BCUT2D eigenvalue weighted by atomic mass is 10.3. The Morgan fingerprint density at radius 2 is 2.05 bits per heavy atom. The number of carboxylic acids is 1. The first-order chi connectivity index (χ1) is 8.94. The molecule has 19 heavy (non-hydrogen) atoms. The number of ether oxygens (including phenoxy) is 1. The lowest BCUT2D eigenvalue weighted by Crippen LogP contribution is -2.19. The van der Waals surface area contributed by atoms with Gasteiger partial charge in [-0.3, -0.25) is 9.52 Å². The van der Waals surface area contributed by atoms with Gasteiger partial charge >= 0.3 is 5.97 Å². The molecule has 0 unspecified atom stereocenters. The number of benzene rings is 1. The van der Waals surface area contributed by atoms with Crippen LogP contribution in [0, 0.1) is 0 Å². The van der Waals surface area contributed by atoms with E-state index >= 15 is 0 Å². The van der Waals surface area contributed by atoms with Crippen LogP contribution in [0.15, 0.2) is 24.3 Å². The van der Waals surface area contributed by atoms with E-state index in [1.54, 1.807) is 24.3 Å². The van der Waals surface area contributed by atoms with Crippen molar-refractivity contribution >= 4 is 21.7 Å². The Bertz CT molecular complexity index is 527. The van der Waals surface area contributed by atoms with Crippen LogP contribution in [0.2, 0.25) is 0 Å². The minimum Gasteiger partial charge on any atom is -0.491 e. The fourth-order valence-corrected chi connectivity index (χ4v) is 2.38. The van der Waals surface area contributed by atoms with E-state index < -0.39 is 28.2 Å². The molecule has 0 bridgehead atoms. The van der Waals surface area contributed by atoms with Crippen LogP contribution < -0.4 is 9.46 Å².